The average Bonchev–Trinajstić information content (AvgIpc) is 3.06. The van der Waals surface area contributed by atoms with Crippen molar-refractivity contribution in [3.05, 3.63) is 35.4 Å². The first-order valence-corrected chi connectivity index (χ1v) is 7.78. The zero-order chi connectivity index (χ0) is 14.1. The summed E-state index contributed by atoms with van der Waals surface area (Å²) in [6.07, 6.45) is 2.83. The third-order valence-electron chi connectivity index (χ3n) is 3.32. The number of carboxylic acid groups (broad SMARTS) is 1. The molecule has 0 bridgehead atoms. The Morgan fingerprint density at radius 1 is 1.42 bits per heavy atom. The van der Waals surface area contributed by atoms with Gasteiger partial charge in [-0.15, -0.1) is 0 Å². The van der Waals surface area contributed by atoms with Crippen molar-refractivity contribution in [3.63, 3.8) is 0 Å². The second-order valence-electron chi connectivity index (χ2n) is 5.02. The van der Waals surface area contributed by atoms with Gasteiger partial charge >= 0.3 is 5.97 Å². The van der Waals surface area contributed by atoms with Crippen molar-refractivity contribution in [2.24, 2.45) is 0 Å². The Morgan fingerprint density at radius 2 is 2.11 bits per heavy atom. The highest BCUT2D eigenvalue weighted by Gasteiger charge is 2.45. The molecule has 0 radical (unpaired) electrons. The lowest BCUT2D eigenvalue weighted by molar-refractivity contribution is -0.137. The van der Waals surface area contributed by atoms with E-state index in [0.717, 1.165) is 30.2 Å². The summed E-state index contributed by atoms with van der Waals surface area (Å²) in [6.45, 7) is -0.0180. The van der Waals surface area contributed by atoms with Gasteiger partial charge in [0.05, 0.1) is 19.3 Å². The fourth-order valence-electron chi connectivity index (χ4n) is 2.17. The van der Waals surface area contributed by atoms with Gasteiger partial charge in [-0.25, -0.2) is 0 Å². The molecule has 1 aromatic carbocycles. The molecule has 1 aliphatic carbocycles. The van der Waals surface area contributed by atoms with E-state index in [1.54, 1.807) is 12.1 Å². The van der Waals surface area contributed by atoms with Crippen molar-refractivity contribution in [1.82, 2.24) is 0 Å². The predicted octanol–water partition coefficient (Wildman–Crippen LogP) is 1.67. The summed E-state index contributed by atoms with van der Waals surface area (Å²) in [5.41, 5.74) is 1.41. The minimum absolute atomic E-state index is 0.0180. The van der Waals surface area contributed by atoms with Gasteiger partial charge in [0.2, 0.25) is 0 Å². The van der Waals surface area contributed by atoms with Crippen LogP contribution in [0.4, 0.5) is 0 Å². The molecular weight excluding hydrogens is 268 g/mol. The van der Waals surface area contributed by atoms with E-state index in [1.165, 1.54) is 0 Å². The third kappa shape index (κ3) is 3.78. The van der Waals surface area contributed by atoms with E-state index in [0.29, 0.717) is 0 Å². The van der Waals surface area contributed by atoms with Crippen LogP contribution in [0.2, 0.25) is 0 Å². The summed E-state index contributed by atoms with van der Waals surface area (Å²) in [6, 6.07) is 7.30. The van der Waals surface area contributed by atoms with Crippen LogP contribution in [0.1, 0.15) is 30.4 Å². The van der Waals surface area contributed by atoms with E-state index in [4.69, 9.17) is 9.29 Å². The highest BCUT2D eigenvalue weighted by Crippen LogP contribution is 2.51. The van der Waals surface area contributed by atoms with Crippen LogP contribution in [0.25, 0.3) is 0 Å². The normalized spacial score (nSPS) is 17.1. The number of aliphatic carboxylic acids is 1. The van der Waals surface area contributed by atoms with Gasteiger partial charge in [-0.3, -0.25) is 8.98 Å². The maximum Gasteiger partial charge on any atom is 0.304 e. The Morgan fingerprint density at radius 3 is 2.63 bits per heavy atom. The molecular formula is C13H16O5S. The molecule has 1 fully saturated rings. The third-order valence-corrected chi connectivity index (χ3v) is 3.87. The molecule has 1 saturated carbocycles. The largest absolute Gasteiger partial charge is 0.481 e. The lowest BCUT2D eigenvalue weighted by atomic mass is 9.91. The van der Waals surface area contributed by atoms with Crippen LogP contribution in [0.5, 0.6) is 0 Å². The van der Waals surface area contributed by atoms with Crippen molar-refractivity contribution < 1.29 is 22.5 Å². The Hall–Kier alpha value is -1.40. The maximum absolute atomic E-state index is 10.9. The van der Waals surface area contributed by atoms with Gasteiger partial charge in [0.1, 0.15) is 0 Å². The Kier molecular flexibility index (Phi) is 3.64. The van der Waals surface area contributed by atoms with Crippen LogP contribution in [0, 0.1) is 0 Å². The average molecular weight is 284 g/mol. The smallest absolute Gasteiger partial charge is 0.304 e. The summed E-state index contributed by atoms with van der Waals surface area (Å²) >= 11 is 0. The van der Waals surface area contributed by atoms with Crippen molar-refractivity contribution in [1.29, 1.82) is 0 Å². The molecule has 1 aliphatic rings. The van der Waals surface area contributed by atoms with Gasteiger partial charge in [0.15, 0.2) is 0 Å². The molecule has 2 rings (SSSR count). The lowest BCUT2D eigenvalue weighted by Gasteiger charge is -2.14. The second-order valence-corrected chi connectivity index (χ2v) is 6.66. The molecule has 104 valence electrons. The highest BCUT2D eigenvalue weighted by atomic mass is 32.2. The van der Waals surface area contributed by atoms with Gasteiger partial charge in [-0.2, -0.15) is 8.42 Å². The fraction of sp³-hybridized carbons (Fsp3) is 0.462. The first-order chi connectivity index (χ1) is 8.81. The molecule has 0 atom stereocenters. The van der Waals surface area contributed by atoms with E-state index < -0.39 is 16.1 Å². The maximum atomic E-state index is 10.9. The predicted molar refractivity (Wildman–Crippen MR) is 69.2 cm³/mol. The summed E-state index contributed by atoms with van der Waals surface area (Å²) < 4.78 is 26.6. The molecule has 0 aromatic heterocycles. The molecule has 1 N–H and O–H groups in total. The van der Waals surface area contributed by atoms with E-state index in [1.807, 2.05) is 12.1 Å². The topological polar surface area (TPSA) is 80.7 Å². The van der Waals surface area contributed by atoms with Gasteiger partial charge in [-0.05, 0) is 24.0 Å². The zero-order valence-electron chi connectivity index (χ0n) is 10.6. The molecule has 6 heteroatoms. The molecule has 0 heterocycles. The molecule has 0 amide bonds. The van der Waals surface area contributed by atoms with E-state index in [-0.39, 0.29) is 18.4 Å². The van der Waals surface area contributed by atoms with E-state index in [2.05, 4.69) is 0 Å². The Balaban J connectivity index is 2.14. The van der Waals surface area contributed by atoms with Crippen LogP contribution >= 0.6 is 0 Å². The summed E-state index contributed by atoms with van der Waals surface area (Å²) in [5.74, 6) is -0.810. The highest BCUT2D eigenvalue weighted by molar-refractivity contribution is 7.85. The number of carboxylic acids is 1. The Bertz CT molecular complexity index is 587. The lowest BCUT2D eigenvalue weighted by Crippen LogP contribution is -2.13. The van der Waals surface area contributed by atoms with Gasteiger partial charge < -0.3 is 5.11 Å². The first kappa shape index (κ1) is 14.0. The van der Waals surface area contributed by atoms with E-state index in [9.17, 15) is 13.2 Å². The minimum atomic E-state index is -3.47. The monoisotopic (exact) mass is 284 g/mol. The molecule has 1 aromatic rings. The van der Waals surface area contributed by atoms with Crippen LogP contribution in [-0.4, -0.2) is 25.7 Å². The number of benzene rings is 1. The van der Waals surface area contributed by atoms with Crippen molar-refractivity contribution in [2.75, 3.05) is 6.26 Å². The summed E-state index contributed by atoms with van der Waals surface area (Å²) in [5, 5.41) is 8.93. The van der Waals surface area contributed by atoms with Gasteiger partial charge in [-0.1, -0.05) is 24.3 Å². The van der Waals surface area contributed by atoms with Crippen LogP contribution in [0.3, 0.4) is 0 Å². The van der Waals surface area contributed by atoms with Crippen molar-refractivity contribution in [3.8, 4) is 0 Å². The van der Waals surface area contributed by atoms with Crippen molar-refractivity contribution in [2.45, 2.75) is 31.3 Å². The standard InChI is InChI=1S/C13H16O5S/c1-19(16,17)18-9-10-3-2-4-11(7-10)13(5-6-13)8-12(14)15/h2-4,7H,5-6,8-9H2,1H3,(H,14,15). The van der Waals surface area contributed by atoms with Crippen LogP contribution < -0.4 is 0 Å². The molecule has 0 unspecified atom stereocenters. The Labute approximate surface area is 112 Å². The van der Waals surface area contributed by atoms with Gasteiger partial charge in [0, 0.05) is 5.41 Å². The first-order valence-electron chi connectivity index (χ1n) is 5.96. The quantitative estimate of drug-likeness (QED) is 0.804. The summed E-state index contributed by atoms with van der Waals surface area (Å²) in [7, 11) is -3.47. The number of carbonyl (C=O) groups is 1. The van der Waals surface area contributed by atoms with Gasteiger partial charge in [0.25, 0.3) is 10.1 Å². The number of rotatable bonds is 6. The molecule has 5 nitrogen and oxygen atoms in total. The SMILES string of the molecule is CS(=O)(=O)OCc1cccc(C2(CC(=O)O)CC2)c1. The fourth-order valence-corrected chi connectivity index (χ4v) is 2.52. The van der Waals surface area contributed by atoms with Crippen LogP contribution in [-0.2, 0) is 31.1 Å². The molecule has 0 spiro atoms. The molecule has 0 aliphatic heterocycles. The van der Waals surface area contributed by atoms with Crippen molar-refractivity contribution >= 4 is 16.1 Å². The molecule has 0 saturated heterocycles. The van der Waals surface area contributed by atoms with Crippen LogP contribution in [0.15, 0.2) is 24.3 Å². The minimum Gasteiger partial charge on any atom is -0.481 e. The second kappa shape index (κ2) is 4.94. The summed E-state index contributed by atoms with van der Waals surface area (Å²) in [4.78, 5) is 10.9. The molecule has 19 heavy (non-hydrogen) atoms. The van der Waals surface area contributed by atoms with E-state index >= 15 is 0 Å². The number of hydrogen-bond donors (Lipinski definition) is 1. The number of hydrogen-bond acceptors (Lipinski definition) is 4. The zero-order valence-corrected chi connectivity index (χ0v) is 11.4.